The van der Waals surface area contributed by atoms with Gasteiger partial charge in [-0.25, -0.2) is 0 Å². The molecule has 0 fully saturated rings. The molecule has 0 aliphatic heterocycles. The maximum absolute atomic E-state index is 8.83. The minimum atomic E-state index is -0.293. The molecule has 15 heavy (non-hydrogen) atoms. The van der Waals surface area contributed by atoms with Gasteiger partial charge in [0.1, 0.15) is 0 Å². The third-order valence-corrected chi connectivity index (χ3v) is 1.85. The van der Waals surface area contributed by atoms with Crippen LogP contribution in [-0.2, 0) is 0 Å². The second-order valence-electron chi connectivity index (χ2n) is 3.34. The summed E-state index contributed by atoms with van der Waals surface area (Å²) < 4.78 is 5.25. The van der Waals surface area contributed by atoms with E-state index >= 15 is 0 Å². The number of hydrogen-bond donors (Lipinski definition) is 2. The van der Waals surface area contributed by atoms with E-state index < -0.39 is 0 Å². The Kier molecular flexibility index (Phi) is 4.45. The molecular weight excluding hydrogens is 196 g/mol. The summed E-state index contributed by atoms with van der Waals surface area (Å²) in [5.74, 6) is -0.293. The number of hydrogen-bond acceptors (Lipinski definition) is 5. The Morgan fingerprint density at radius 3 is 2.20 bits per heavy atom. The van der Waals surface area contributed by atoms with Crippen LogP contribution in [0.4, 0.5) is 0 Å². The van der Waals surface area contributed by atoms with Gasteiger partial charge in [-0.05, 0) is 13.8 Å². The fourth-order valence-corrected chi connectivity index (χ4v) is 1.05. The number of ether oxygens (including phenoxy) is 1. The van der Waals surface area contributed by atoms with Gasteiger partial charge in [-0.15, -0.1) is 0 Å². The molecule has 83 valence electrons. The molecule has 1 aromatic rings. The van der Waals surface area contributed by atoms with Crippen LogP contribution in [0.3, 0.4) is 0 Å². The highest BCUT2D eigenvalue weighted by molar-refractivity contribution is 5.09. The normalized spacial score (nSPS) is 10.7. The van der Waals surface area contributed by atoms with Gasteiger partial charge in [-0.3, -0.25) is 0 Å². The third-order valence-electron chi connectivity index (χ3n) is 1.85. The van der Waals surface area contributed by atoms with Crippen molar-refractivity contribution in [1.82, 2.24) is 9.97 Å². The van der Waals surface area contributed by atoms with Crippen molar-refractivity contribution in [2.75, 3.05) is 19.8 Å². The minimum absolute atomic E-state index is 0.118. The quantitative estimate of drug-likeness (QED) is 0.709. The Labute approximate surface area is 88.8 Å². The second-order valence-corrected chi connectivity index (χ2v) is 3.34. The van der Waals surface area contributed by atoms with E-state index in [1.807, 2.05) is 0 Å². The van der Waals surface area contributed by atoms with Crippen molar-refractivity contribution in [2.45, 2.75) is 13.8 Å². The second kappa shape index (κ2) is 5.63. The van der Waals surface area contributed by atoms with Gasteiger partial charge < -0.3 is 14.9 Å². The monoisotopic (exact) mass is 211 g/mol. The van der Waals surface area contributed by atoms with Gasteiger partial charge in [0.2, 0.25) is 0 Å². The van der Waals surface area contributed by atoms with Crippen LogP contribution in [0, 0.1) is 25.8 Å². The molecule has 5 nitrogen and oxygen atoms in total. The van der Waals surface area contributed by atoms with Crippen LogP contribution < -0.4 is 4.74 Å². The number of nitrogens with zero attached hydrogens (tertiary/aromatic N) is 2. The van der Waals surface area contributed by atoms with Crippen molar-refractivity contribution in [3.63, 3.8) is 0 Å². The lowest BCUT2D eigenvalue weighted by atomic mass is 10.2. The van der Waals surface area contributed by atoms with Crippen LogP contribution in [0.15, 0.2) is 0 Å². The minimum Gasteiger partial charge on any atom is -0.463 e. The first-order valence-corrected chi connectivity index (χ1v) is 4.74. The smallest absolute Gasteiger partial charge is 0.316 e. The third kappa shape index (κ3) is 3.81. The maximum atomic E-state index is 8.83. The van der Waals surface area contributed by atoms with E-state index in [2.05, 4.69) is 16.0 Å². The molecule has 0 aliphatic rings. The summed E-state index contributed by atoms with van der Waals surface area (Å²) in [7, 11) is 0. The van der Waals surface area contributed by atoms with Crippen LogP contribution in [0.5, 0.6) is 6.01 Å². The van der Waals surface area contributed by atoms with Gasteiger partial charge >= 0.3 is 6.01 Å². The fraction of sp³-hybridized carbons (Fsp3) is 0.600. The van der Waals surface area contributed by atoms with E-state index in [0.717, 1.165) is 0 Å². The molecular formula is C10H15N2O3. The van der Waals surface area contributed by atoms with Crippen molar-refractivity contribution >= 4 is 0 Å². The highest BCUT2D eigenvalue weighted by atomic mass is 16.5. The summed E-state index contributed by atoms with van der Waals surface area (Å²) >= 11 is 0. The molecule has 0 bridgehead atoms. The average molecular weight is 211 g/mol. The lowest BCUT2D eigenvalue weighted by molar-refractivity contribution is 0.102. The summed E-state index contributed by atoms with van der Waals surface area (Å²) in [5, 5.41) is 17.7. The number of rotatable bonds is 5. The van der Waals surface area contributed by atoms with Crippen molar-refractivity contribution < 1.29 is 14.9 Å². The van der Waals surface area contributed by atoms with Crippen molar-refractivity contribution in [3.05, 3.63) is 17.5 Å². The average Bonchev–Trinajstić information content (AvgIpc) is 2.18. The SMILES string of the molecule is Cc1[c]c(C)nc(OCC(CO)CO)n1. The molecule has 2 N–H and O–H groups in total. The highest BCUT2D eigenvalue weighted by Gasteiger charge is 2.08. The summed E-state index contributed by atoms with van der Waals surface area (Å²) in [4.78, 5) is 8.04. The number of aliphatic hydroxyl groups excluding tert-OH is 2. The van der Waals surface area contributed by atoms with E-state index in [4.69, 9.17) is 14.9 Å². The van der Waals surface area contributed by atoms with Crippen molar-refractivity contribution in [3.8, 4) is 6.01 Å². The zero-order valence-electron chi connectivity index (χ0n) is 8.90. The predicted molar refractivity (Wildman–Crippen MR) is 53.5 cm³/mol. The molecule has 5 heteroatoms. The van der Waals surface area contributed by atoms with Crippen LogP contribution in [-0.4, -0.2) is 40.0 Å². The molecule has 0 unspecified atom stereocenters. The van der Waals surface area contributed by atoms with Gasteiger partial charge in [0, 0.05) is 12.0 Å². The van der Waals surface area contributed by atoms with E-state index in [0.29, 0.717) is 11.4 Å². The predicted octanol–water partition coefficient (Wildman–Crippen LogP) is -0.127. The molecule has 0 saturated heterocycles. The molecule has 0 aromatic carbocycles. The zero-order chi connectivity index (χ0) is 11.3. The Bertz CT molecular complexity index is 293. The Balaban J connectivity index is 2.57. The largest absolute Gasteiger partial charge is 0.463 e. The van der Waals surface area contributed by atoms with Crippen LogP contribution in [0.25, 0.3) is 0 Å². The van der Waals surface area contributed by atoms with Crippen LogP contribution >= 0.6 is 0 Å². The first-order valence-electron chi connectivity index (χ1n) is 4.74. The number of aryl methyl sites for hydroxylation is 2. The molecule has 0 aliphatic carbocycles. The van der Waals surface area contributed by atoms with Gasteiger partial charge in [0.15, 0.2) is 0 Å². The summed E-state index contributed by atoms with van der Waals surface area (Å²) in [5.41, 5.74) is 1.42. The molecule has 0 spiro atoms. The number of aliphatic hydroxyl groups is 2. The lowest BCUT2D eigenvalue weighted by Gasteiger charge is -2.11. The molecule has 0 amide bonds. The van der Waals surface area contributed by atoms with Crippen LogP contribution in [0.1, 0.15) is 11.4 Å². The molecule has 0 saturated carbocycles. The Morgan fingerprint density at radius 2 is 1.73 bits per heavy atom. The van der Waals surface area contributed by atoms with E-state index in [1.54, 1.807) is 13.8 Å². The van der Waals surface area contributed by atoms with E-state index in [-0.39, 0.29) is 31.7 Å². The van der Waals surface area contributed by atoms with Gasteiger partial charge in [0.05, 0.1) is 31.2 Å². The molecule has 1 heterocycles. The number of aromatic nitrogens is 2. The van der Waals surface area contributed by atoms with Gasteiger partial charge in [-0.1, -0.05) is 0 Å². The molecule has 1 aromatic heterocycles. The van der Waals surface area contributed by atoms with E-state index in [9.17, 15) is 0 Å². The standard InChI is InChI=1S/C10H15N2O3/c1-7-3-8(2)12-10(11-7)15-6-9(4-13)5-14/h9,13-14H,4-6H2,1-2H3. The Morgan fingerprint density at radius 1 is 1.20 bits per heavy atom. The first-order chi connectivity index (χ1) is 7.15. The summed E-state index contributed by atoms with van der Waals surface area (Å²) in [6.07, 6.45) is 0. The van der Waals surface area contributed by atoms with Crippen molar-refractivity contribution in [1.29, 1.82) is 0 Å². The Hall–Kier alpha value is -1.20. The van der Waals surface area contributed by atoms with Gasteiger partial charge in [-0.2, -0.15) is 9.97 Å². The fourth-order valence-electron chi connectivity index (χ4n) is 1.05. The summed E-state index contributed by atoms with van der Waals surface area (Å²) in [6.45, 7) is 3.57. The molecule has 1 radical (unpaired) electrons. The highest BCUT2D eigenvalue weighted by Crippen LogP contribution is 2.06. The maximum Gasteiger partial charge on any atom is 0.316 e. The lowest BCUT2D eigenvalue weighted by Crippen LogP contribution is -2.20. The zero-order valence-corrected chi connectivity index (χ0v) is 8.90. The first kappa shape index (κ1) is 11.9. The van der Waals surface area contributed by atoms with Crippen LogP contribution in [0.2, 0.25) is 0 Å². The molecule has 0 atom stereocenters. The van der Waals surface area contributed by atoms with Crippen molar-refractivity contribution in [2.24, 2.45) is 5.92 Å². The topological polar surface area (TPSA) is 75.5 Å². The van der Waals surface area contributed by atoms with E-state index in [1.165, 1.54) is 0 Å². The molecule has 1 rings (SSSR count). The summed E-state index contributed by atoms with van der Waals surface area (Å²) in [6, 6.07) is 3.19. The van der Waals surface area contributed by atoms with Gasteiger partial charge in [0.25, 0.3) is 0 Å².